The van der Waals surface area contributed by atoms with Gasteiger partial charge in [0.15, 0.2) is 0 Å². The maximum atomic E-state index is 12.8. The van der Waals surface area contributed by atoms with E-state index in [0.29, 0.717) is 43.8 Å². The van der Waals surface area contributed by atoms with Gasteiger partial charge >= 0.3 is 5.97 Å². The highest BCUT2D eigenvalue weighted by Crippen LogP contribution is 2.23. The third-order valence-corrected chi connectivity index (χ3v) is 4.07. The molecule has 1 saturated heterocycles. The van der Waals surface area contributed by atoms with Crippen molar-refractivity contribution >= 4 is 23.5 Å². The second-order valence-corrected chi connectivity index (χ2v) is 5.75. The first kappa shape index (κ1) is 18.5. The Morgan fingerprint density at radius 3 is 2.60 bits per heavy atom. The van der Waals surface area contributed by atoms with Gasteiger partial charge in [-0.2, -0.15) is 5.26 Å². The van der Waals surface area contributed by atoms with Crippen LogP contribution in [0.1, 0.15) is 36.5 Å². The summed E-state index contributed by atoms with van der Waals surface area (Å²) < 4.78 is 5.03. The standard InChI is InChI=1S/C18H21N3O4/c1-2-25-18(24)13-8-11-21(12-9-13)17(23)14-5-3-4-6-15(14)20-16(22)7-10-19/h3-6,13H,2,7-9,11-12H2,1H3,(H,20,22). The molecular weight excluding hydrogens is 322 g/mol. The van der Waals surface area contributed by atoms with Crippen LogP contribution in [0.2, 0.25) is 0 Å². The van der Waals surface area contributed by atoms with Gasteiger partial charge in [-0.05, 0) is 31.9 Å². The molecule has 0 aliphatic carbocycles. The minimum Gasteiger partial charge on any atom is -0.466 e. The molecule has 0 radical (unpaired) electrons. The number of ether oxygens (including phenoxy) is 1. The number of piperidine rings is 1. The summed E-state index contributed by atoms with van der Waals surface area (Å²) in [7, 11) is 0. The van der Waals surface area contributed by atoms with Gasteiger partial charge in [0, 0.05) is 13.1 Å². The lowest BCUT2D eigenvalue weighted by Gasteiger charge is -2.31. The predicted octanol–water partition coefficient (Wildman–Crippen LogP) is 1.95. The molecule has 0 saturated carbocycles. The summed E-state index contributed by atoms with van der Waals surface area (Å²) >= 11 is 0. The Kier molecular flexibility index (Phi) is 6.52. The van der Waals surface area contributed by atoms with E-state index < -0.39 is 5.91 Å². The number of anilines is 1. The van der Waals surface area contributed by atoms with Crippen LogP contribution in [0.5, 0.6) is 0 Å². The average molecular weight is 343 g/mol. The van der Waals surface area contributed by atoms with Crippen LogP contribution in [0.15, 0.2) is 24.3 Å². The lowest BCUT2D eigenvalue weighted by Crippen LogP contribution is -2.41. The van der Waals surface area contributed by atoms with E-state index in [0.717, 1.165) is 0 Å². The monoisotopic (exact) mass is 343 g/mol. The molecule has 0 bridgehead atoms. The minimum absolute atomic E-state index is 0.172. The summed E-state index contributed by atoms with van der Waals surface area (Å²) in [5, 5.41) is 11.2. The van der Waals surface area contributed by atoms with Crippen LogP contribution in [0.4, 0.5) is 5.69 Å². The summed E-state index contributed by atoms with van der Waals surface area (Å²) in [5.74, 6) is -1.03. The van der Waals surface area contributed by atoms with Crippen LogP contribution in [-0.4, -0.2) is 42.4 Å². The fourth-order valence-corrected chi connectivity index (χ4v) is 2.79. The maximum Gasteiger partial charge on any atom is 0.309 e. The van der Waals surface area contributed by atoms with E-state index >= 15 is 0 Å². The molecule has 2 amide bonds. The third kappa shape index (κ3) is 4.80. The molecule has 132 valence electrons. The topological polar surface area (TPSA) is 99.5 Å². The highest BCUT2D eigenvalue weighted by Gasteiger charge is 2.29. The Labute approximate surface area is 146 Å². The Morgan fingerprint density at radius 1 is 1.28 bits per heavy atom. The van der Waals surface area contributed by atoms with Crippen LogP contribution >= 0.6 is 0 Å². The molecule has 1 N–H and O–H groups in total. The van der Waals surface area contributed by atoms with Gasteiger partial charge in [-0.25, -0.2) is 0 Å². The fraction of sp³-hybridized carbons (Fsp3) is 0.444. The molecule has 7 nitrogen and oxygen atoms in total. The normalized spacial score (nSPS) is 14.5. The van der Waals surface area contributed by atoms with Gasteiger partial charge in [-0.15, -0.1) is 0 Å². The Balaban J connectivity index is 2.03. The molecule has 25 heavy (non-hydrogen) atoms. The maximum absolute atomic E-state index is 12.8. The Bertz CT molecular complexity index is 688. The van der Waals surface area contributed by atoms with Crippen LogP contribution < -0.4 is 5.32 Å². The molecule has 0 spiro atoms. The fourth-order valence-electron chi connectivity index (χ4n) is 2.79. The van der Waals surface area contributed by atoms with Crippen molar-refractivity contribution in [2.24, 2.45) is 5.92 Å². The van der Waals surface area contributed by atoms with Crippen molar-refractivity contribution in [3.63, 3.8) is 0 Å². The lowest BCUT2D eigenvalue weighted by atomic mass is 9.96. The van der Waals surface area contributed by atoms with E-state index in [9.17, 15) is 14.4 Å². The van der Waals surface area contributed by atoms with Crippen molar-refractivity contribution in [2.45, 2.75) is 26.2 Å². The van der Waals surface area contributed by atoms with Crippen LogP contribution in [-0.2, 0) is 14.3 Å². The highest BCUT2D eigenvalue weighted by atomic mass is 16.5. The number of para-hydroxylation sites is 1. The van der Waals surface area contributed by atoms with Crippen LogP contribution in [0, 0.1) is 17.2 Å². The average Bonchev–Trinajstić information content (AvgIpc) is 2.62. The SMILES string of the molecule is CCOC(=O)C1CCN(C(=O)c2ccccc2NC(=O)CC#N)CC1. The molecule has 1 aliphatic heterocycles. The third-order valence-electron chi connectivity index (χ3n) is 4.07. The summed E-state index contributed by atoms with van der Waals surface area (Å²) in [6, 6.07) is 8.48. The number of hydrogen-bond acceptors (Lipinski definition) is 5. The molecule has 0 unspecified atom stereocenters. The molecule has 1 heterocycles. The van der Waals surface area contributed by atoms with Crippen LogP contribution in [0.3, 0.4) is 0 Å². The largest absolute Gasteiger partial charge is 0.466 e. The highest BCUT2D eigenvalue weighted by molar-refractivity contribution is 6.04. The first-order chi connectivity index (χ1) is 12.1. The second-order valence-electron chi connectivity index (χ2n) is 5.75. The molecule has 1 aliphatic rings. The molecule has 1 aromatic rings. The number of nitrogens with zero attached hydrogens (tertiary/aromatic N) is 2. The second kappa shape index (κ2) is 8.83. The number of carbonyl (C=O) groups is 3. The number of benzene rings is 1. The Morgan fingerprint density at radius 2 is 1.96 bits per heavy atom. The van der Waals surface area contributed by atoms with Gasteiger partial charge in [0.1, 0.15) is 6.42 Å². The first-order valence-corrected chi connectivity index (χ1v) is 8.28. The summed E-state index contributed by atoms with van der Waals surface area (Å²) in [5.41, 5.74) is 0.767. The Hall–Kier alpha value is -2.88. The number of amides is 2. The predicted molar refractivity (Wildman–Crippen MR) is 90.6 cm³/mol. The van der Waals surface area contributed by atoms with E-state index in [1.54, 1.807) is 42.2 Å². The molecule has 2 rings (SSSR count). The summed E-state index contributed by atoms with van der Waals surface area (Å²) in [4.78, 5) is 37.8. The van der Waals surface area contributed by atoms with Crippen molar-refractivity contribution in [3.8, 4) is 6.07 Å². The summed E-state index contributed by atoms with van der Waals surface area (Å²) in [6.07, 6.45) is 0.856. The van der Waals surface area contributed by atoms with Crippen molar-refractivity contribution in [1.82, 2.24) is 4.90 Å². The van der Waals surface area contributed by atoms with Crippen molar-refractivity contribution in [2.75, 3.05) is 25.0 Å². The van der Waals surface area contributed by atoms with E-state index in [2.05, 4.69) is 5.32 Å². The van der Waals surface area contributed by atoms with Crippen molar-refractivity contribution in [3.05, 3.63) is 29.8 Å². The van der Waals surface area contributed by atoms with E-state index in [4.69, 9.17) is 10.00 Å². The number of carbonyl (C=O) groups excluding carboxylic acids is 3. The lowest BCUT2D eigenvalue weighted by molar-refractivity contribution is -0.149. The molecule has 1 aromatic carbocycles. The quantitative estimate of drug-likeness (QED) is 0.824. The smallest absolute Gasteiger partial charge is 0.309 e. The van der Waals surface area contributed by atoms with Crippen molar-refractivity contribution in [1.29, 1.82) is 5.26 Å². The zero-order chi connectivity index (χ0) is 18.2. The molecule has 7 heteroatoms. The zero-order valence-corrected chi connectivity index (χ0v) is 14.2. The van der Waals surface area contributed by atoms with Gasteiger partial charge in [0.25, 0.3) is 5.91 Å². The van der Waals surface area contributed by atoms with Crippen LogP contribution in [0.25, 0.3) is 0 Å². The zero-order valence-electron chi connectivity index (χ0n) is 14.2. The molecule has 0 atom stereocenters. The molecular formula is C18H21N3O4. The number of hydrogen-bond donors (Lipinski definition) is 1. The number of nitrogens with one attached hydrogen (secondary N) is 1. The molecule has 1 fully saturated rings. The molecule has 0 aromatic heterocycles. The first-order valence-electron chi connectivity index (χ1n) is 8.28. The van der Waals surface area contributed by atoms with Gasteiger partial charge in [-0.3, -0.25) is 14.4 Å². The van der Waals surface area contributed by atoms with E-state index in [1.165, 1.54) is 0 Å². The van der Waals surface area contributed by atoms with E-state index in [1.807, 2.05) is 0 Å². The number of likely N-dealkylation sites (tertiary alicyclic amines) is 1. The van der Waals surface area contributed by atoms with Gasteiger partial charge in [-0.1, -0.05) is 12.1 Å². The minimum atomic E-state index is -0.455. The number of nitriles is 1. The van der Waals surface area contributed by atoms with Crippen molar-refractivity contribution < 1.29 is 19.1 Å². The number of esters is 1. The number of rotatable bonds is 5. The van der Waals surface area contributed by atoms with Gasteiger partial charge in [0.05, 0.1) is 29.8 Å². The van der Waals surface area contributed by atoms with Gasteiger partial charge < -0.3 is 15.0 Å². The summed E-state index contributed by atoms with van der Waals surface area (Å²) in [6.45, 7) is 3.05. The van der Waals surface area contributed by atoms with Gasteiger partial charge in [0.2, 0.25) is 5.91 Å². The van der Waals surface area contributed by atoms with E-state index in [-0.39, 0.29) is 24.2 Å².